The number of benzene rings is 1. The number of hydrogen-bond donors (Lipinski definition) is 0. The van der Waals surface area contributed by atoms with Gasteiger partial charge in [-0.3, -0.25) is 4.79 Å². The van der Waals surface area contributed by atoms with E-state index >= 15 is 0 Å². The van der Waals surface area contributed by atoms with Crippen LogP contribution in [-0.2, 0) is 6.54 Å². The topological polar surface area (TPSA) is 57.0 Å². The SMILES string of the molecule is CN1CCN(C)c2cnn3ccc(nc23)N(C)Cc2cc(F)ccc2C1=O. The van der Waals surface area contributed by atoms with Crippen LogP contribution in [0.15, 0.2) is 36.7 Å². The second-order valence-corrected chi connectivity index (χ2v) is 6.89. The number of carbonyl (C=O) groups is 1. The van der Waals surface area contributed by atoms with Gasteiger partial charge in [-0.05, 0) is 29.8 Å². The monoisotopic (exact) mass is 368 g/mol. The highest BCUT2D eigenvalue weighted by Gasteiger charge is 2.20. The maximum absolute atomic E-state index is 13.9. The van der Waals surface area contributed by atoms with Crippen LogP contribution < -0.4 is 9.80 Å². The molecule has 0 unspecified atom stereocenters. The predicted molar refractivity (Wildman–Crippen MR) is 102 cm³/mol. The highest BCUT2D eigenvalue weighted by atomic mass is 19.1. The zero-order valence-electron chi connectivity index (χ0n) is 15.6. The molecule has 4 rings (SSSR count). The Morgan fingerprint density at radius 3 is 2.63 bits per heavy atom. The second kappa shape index (κ2) is 6.53. The van der Waals surface area contributed by atoms with Gasteiger partial charge >= 0.3 is 0 Å². The van der Waals surface area contributed by atoms with Crippen LogP contribution in [0.5, 0.6) is 0 Å². The van der Waals surface area contributed by atoms with Crippen molar-refractivity contribution in [3.8, 4) is 0 Å². The molecule has 0 N–H and O–H groups in total. The molecular formula is C19H21FN6O. The van der Waals surface area contributed by atoms with Gasteiger partial charge in [-0.25, -0.2) is 13.9 Å². The third-order valence-electron chi connectivity index (χ3n) is 4.96. The van der Waals surface area contributed by atoms with Crippen molar-refractivity contribution in [2.75, 3.05) is 44.0 Å². The average molecular weight is 368 g/mol. The fraction of sp³-hybridized carbons (Fsp3) is 0.316. The first-order chi connectivity index (χ1) is 12.9. The number of fused-ring (bicyclic) bond motifs is 2. The summed E-state index contributed by atoms with van der Waals surface area (Å²) in [6.07, 6.45) is 3.63. The minimum absolute atomic E-state index is 0.120. The van der Waals surface area contributed by atoms with Gasteiger partial charge in [-0.2, -0.15) is 5.10 Å². The molecule has 3 aromatic rings. The highest BCUT2D eigenvalue weighted by molar-refractivity contribution is 5.95. The third kappa shape index (κ3) is 3.07. The summed E-state index contributed by atoms with van der Waals surface area (Å²) in [5.74, 6) is 0.252. The quantitative estimate of drug-likeness (QED) is 0.608. The van der Waals surface area contributed by atoms with Crippen LogP contribution in [0.25, 0.3) is 5.65 Å². The summed E-state index contributed by atoms with van der Waals surface area (Å²) in [6, 6.07) is 6.17. The Labute approximate surface area is 156 Å². The average Bonchev–Trinajstić information content (AvgIpc) is 3.08. The molecule has 0 radical (unpaired) electrons. The Balaban J connectivity index is 1.85. The minimum Gasteiger partial charge on any atom is -0.368 e. The molecule has 1 aliphatic heterocycles. The van der Waals surface area contributed by atoms with E-state index in [-0.39, 0.29) is 11.7 Å². The molecule has 1 amide bonds. The molecule has 0 spiro atoms. The van der Waals surface area contributed by atoms with E-state index in [0.717, 1.165) is 17.2 Å². The van der Waals surface area contributed by atoms with Gasteiger partial charge < -0.3 is 14.7 Å². The molecule has 2 aromatic heterocycles. The van der Waals surface area contributed by atoms with E-state index in [0.29, 0.717) is 30.8 Å². The van der Waals surface area contributed by atoms with Gasteiger partial charge in [0.25, 0.3) is 5.91 Å². The van der Waals surface area contributed by atoms with Gasteiger partial charge in [0.15, 0.2) is 5.65 Å². The maximum Gasteiger partial charge on any atom is 0.254 e. The van der Waals surface area contributed by atoms with E-state index in [2.05, 4.69) is 5.10 Å². The van der Waals surface area contributed by atoms with Crippen LogP contribution >= 0.6 is 0 Å². The van der Waals surface area contributed by atoms with Crippen LogP contribution in [0.3, 0.4) is 0 Å². The molecule has 7 nitrogen and oxygen atoms in total. The lowest BCUT2D eigenvalue weighted by Crippen LogP contribution is -2.35. The summed E-state index contributed by atoms with van der Waals surface area (Å²) >= 11 is 0. The normalized spacial score (nSPS) is 15.6. The largest absolute Gasteiger partial charge is 0.368 e. The predicted octanol–water partition coefficient (Wildman–Crippen LogP) is 2.03. The van der Waals surface area contributed by atoms with Crippen LogP contribution in [0.2, 0.25) is 0 Å². The van der Waals surface area contributed by atoms with Crippen LogP contribution in [0.4, 0.5) is 15.9 Å². The Morgan fingerprint density at radius 2 is 1.81 bits per heavy atom. The van der Waals surface area contributed by atoms with Crippen molar-refractivity contribution in [1.82, 2.24) is 19.5 Å². The molecule has 0 fully saturated rings. The van der Waals surface area contributed by atoms with Crippen molar-refractivity contribution in [2.24, 2.45) is 0 Å². The lowest BCUT2D eigenvalue weighted by atomic mass is 10.1. The number of amides is 1. The molecule has 140 valence electrons. The molecule has 0 aliphatic carbocycles. The molecule has 1 aromatic carbocycles. The van der Waals surface area contributed by atoms with Crippen molar-refractivity contribution in [2.45, 2.75) is 6.54 Å². The third-order valence-corrected chi connectivity index (χ3v) is 4.96. The first kappa shape index (κ1) is 17.3. The fourth-order valence-corrected chi connectivity index (χ4v) is 3.30. The van der Waals surface area contributed by atoms with Crippen LogP contribution in [0, 0.1) is 5.82 Å². The zero-order chi connectivity index (χ0) is 19.1. The summed E-state index contributed by atoms with van der Waals surface area (Å²) in [5.41, 5.74) is 2.79. The highest BCUT2D eigenvalue weighted by Crippen LogP contribution is 2.24. The second-order valence-electron chi connectivity index (χ2n) is 6.89. The van der Waals surface area contributed by atoms with Gasteiger partial charge in [0, 0.05) is 52.5 Å². The molecular weight excluding hydrogens is 347 g/mol. The Hall–Kier alpha value is -3.16. The van der Waals surface area contributed by atoms with E-state index in [4.69, 9.17) is 4.98 Å². The van der Waals surface area contributed by atoms with Gasteiger partial charge in [-0.15, -0.1) is 0 Å². The van der Waals surface area contributed by atoms with Crippen molar-refractivity contribution in [1.29, 1.82) is 0 Å². The van der Waals surface area contributed by atoms with E-state index in [1.54, 1.807) is 28.7 Å². The number of rotatable bonds is 0. The molecule has 27 heavy (non-hydrogen) atoms. The summed E-state index contributed by atoms with van der Waals surface area (Å²) in [7, 11) is 5.59. The van der Waals surface area contributed by atoms with Crippen molar-refractivity contribution >= 4 is 23.1 Å². The molecule has 0 saturated heterocycles. The summed E-state index contributed by atoms with van der Waals surface area (Å²) < 4.78 is 15.6. The van der Waals surface area contributed by atoms with E-state index < -0.39 is 0 Å². The van der Waals surface area contributed by atoms with E-state index in [1.807, 2.05) is 36.2 Å². The van der Waals surface area contributed by atoms with E-state index in [1.165, 1.54) is 12.1 Å². The van der Waals surface area contributed by atoms with Gasteiger partial charge in [0.1, 0.15) is 17.3 Å². The van der Waals surface area contributed by atoms with Crippen molar-refractivity contribution in [3.05, 3.63) is 53.6 Å². The molecule has 2 bridgehead atoms. The number of halogens is 1. The number of likely N-dealkylation sites (N-methyl/N-ethyl adjacent to an activating group) is 2. The Kier molecular flexibility index (Phi) is 4.18. The first-order valence-corrected chi connectivity index (χ1v) is 8.74. The maximum atomic E-state index is 13.9. The first-order valence-electron chi connectivity index (χ1n) is 8.74. The zero-order valence-corrected chi connectivity index (χ0v) is 15.6. The number of anilines is 2. The minimum atomic E-state index is -0.358. The Morgan fingerprint density at radius 1 is 1.04 bits per heavy atom. The Bertz CT molecular complexity index is 1020. The van der Waals surface area contributed by atoms with Crippen molar-refractivity contribution in [3.63, 3.8) is 0 Å². The van der Waals surface area contributed by atoms with Gasteiger partial charge in [0.05, 0.1) is 6.20 Å². The molecule has 1 aliphatic rings. The number of carbonyl (C=O) groups excluding carboxylic acids is 1. The number of hydrogen-bond acceptors (Lipinski definition) is 5. The summed E-state index contributed by atoms with van der Waals surface area (Å²) in [6.45, 7) is 1.52. The van der Waals surface area contributed by atoms with Crippen molar-refractivity contribution < 1.29 is 9.18 Å². The number of aromatic nitrogens is 3. The lowest BCUT2D eigenvalue weighted by molar-refractivity contribution is 0.0797. The van der Waals surface area contributed by atoms with Gasteiger partial charge in [0.2, 0.25) is 0 Å². The van der Waals surface area contributed by atoms with E-state index in [9.17, 15) is 9.18 Å². The lowest BCUT2D eigenvalue weighted by Gasteiger charge is -2.23. The molecule has 8 heteroatoms. The molecule has 3 heterocycles. The summed E-state index contributed by atoms with van der Waals surface area (Å²) in [5, 5.41) is 4.35. The standard InChI is InChI=1S/C19H21FN6O/c1-23-8-9-24(2)19(27)15-5-4-14(20)10-13(15)12-25(3)17-6-7-26-18(22-17)16(23)11-21-26/h4-7,10-11H,8-9,12H2,1-3H3. The number of nitrogens with zero attached hydrogens (tertiary/aromatic N) is 6. The van der Waals surface area contributed by atoms with Crippen LogP contribution in [-0.4, -0.2) is 59.6 Å². The molecule has 0 saturated carbocycles. The molecule has 0 atom stereocenters. The smallest absolute Gasteiger partial charge is 0.254 e. The van der Waals surface area contributed by atoms with Gasteiger partial charge in [-0.1, -0.05) is 0 Å². The van der Waals surface area contributed by atoms with Crippen LogP contribution in [0.1, 0.15) is 15.9 Å². The fourth-order valence-electron chi connectivity index (χ4n) is 3.30. The summed E-state index contributed by atoms with van der Waals surface area (Å²) in [4.78, 5) is 23.3.